The van der Waals surface area contributed by atoms with Gasteiger partial charge in [-0.3, -0.25) is 9.59 Å². The van der Waals surface area contributed by atoms with Crippen molar-refractivity contribution >= 4 is 23.5 Å². The van der Waals surface area contributed by atoms with E-state index in [9.17, 15) is 9.59 Å². The molecule has 0 saturated heterocycles. The number of halogens is 1. The second-order valence-electron chi connectivity index (χ2n) is 5.12. The SMILES string of the molecule is COCCN(CC(=O)O)C(=O)[C@@H]1C[C@H]1c1ccccc1Cl. The van der Waals surface area contributed by atoms with Crippen LogP contribution in [0.2, 0.25) is 5.02 Å². The Bertz CT molecular complexity index is 534. The molecule has 2 rings (SSSR count). The summed E-state index contributed by atoms with van der Waals surface area (Å²) in [5.74, 6) is -1.25. The van der Waals surface area contributed by atoms with E-state index in [0.29, 0.717) is 18.1 Å². The molecular weight excluding hydrogens is 294 g/mol. The van der Waals surface area contributed by atoms with Crippen LogP contribution in [0.15, 0.2) is 24.3 Å². The van der Waals surface area contributed by atoms with Crippen LogP contribution in [0.4, 0.5) is 0 Å². The highest BCUT2D eigenvalue weighted by molar-refractivity contribution is 6.31. The number of benzene rings is 1. The smallest absolute Gasteiger partial charge is 0.323 e. The number of methoxy groups -OCH3 is 1. The van der Waals surface area contributed by atoms with E-state index in [2.05, 4.69) is 0 Å². The minimum Gasteiger partial charge on any atom is -0.480 e. The number of carboxylic acids is 1. The van der Waals surface area contributed by atoms with Gasteiger partial charge in [-0.15, -0.1) is 0 Å². The van der Waals surface area contributed by atoms with E-state index in [1.807, 2.05) is 18.2 Å². The van der Waals surface area contributed by atoms with E-state index < -0.39 is 5.97 Å². The van der Waals surface area contributed by atoms with Crippen molar-refractivity contribution in [2.45, 2.75) is 12.3 Å². The van der Waals surface area contributed by atoms with Gasteiger partial charge in [0, 0.05) is 24.6 Å². The second-order valence-corrected chi connectivity index (χ2v) is 5.52. The van der Waals surface area contributed by atoms with Gasteiger partial charge in [-0.1, -0.05) is 29.8 Å². The molecule has 0 spiro atoms. The lowest BCUT2D eigenvalue weighted by Gasteiger charge is -2.20. The molecule has 1 aromatic rings. The van der Waals surface area contributed by atoms with Crippen LogP contribution in [0.25, 0.3) is 0 Å². The van der Waals surface area contributed by atoms with Crippen molar-refractivity contribution in [3.05, 3.63) is 34.9 Å². The zero-order valence-corrected chi connectivity index (χ0v) is 12.5. The molecule has 0 radical (unpaired) electrons. The average Bonchev–Trinajstić information content (AvgIpc) is 3.23. The zero-order chi connectivity index (χ0) is 15.4. The number of aliphatic carboxylic acids is 1. The normalized spacial score (nSPS) is 20.1. The fourth-order valence-electron chi connectivity index (χ4n) is 2.45. The molecule has 1 saturated carbocycles. The van der Waals surface area contributed by atoms with Gasteiger partial charge in [-0.05, 0) is 24.0 Å². The Kier molecular flexibility index (Phi) is 5.20. The monoisotopic (exact) mass is 311 g/mol. The van der Waals surface area contributed by atoms with Crippen LogP contribution in [0.1, 0.15) is 17.9 Å². The van der Waals surface area contributed by atoms with Crippen molar-refractivity contribution in [2.24, 2.45) is 5.92 Å². The van der Waals surface area contributed by atoms with E-state index in [4.69, 9.17) is 21.4 Å². The lowest BCUT2D eigenvalue weighted by atomic mass is 10.1. The van der Waals surface area contributed by atoms with Gasteiger partial charge in [0.2, 0.25) is 5.91 Å². The quantitative estimate of drug-likeness (QED) is 0.836. The number of carbonyl (C=O) groups is 2. The summed E-state index contributed by atoms with van der Waals surface area (Å²) in [4.78, 5) is 24.6. The molecule has 2 atom stereocenters. The van der Waals surface area contributed by atoms with Crippen molar-refractivity contribution in [1.82, 2.24) is 4.90 Å². The molecule has 0 heterocycles. The maximum Gasteiger partial charge on any atom is 0.323 e. The Hall–Kier alpha value is -1.59. The summed E-state index contributed by atoms with van der Waals surface area (Å²) in [6.07, 6.45) is 0.714. The first-order chi connectivity index (χ1) is 10.0. The Morgan fingerprint density at radius 1 is 1.43 bits per heavy atom. The zero-order valence-electron chi connectivity index (χ0n) is 11.8. The van der Waals surface area contributed by atoms with Crippen LogP contribution in [0.3, 0.4) is 0 Å². The predicted octanol–water partition coefficient (Wildman–Crippen LogP) is 2.00. The number of amides is 1. The molecule has 1 fully saturated rings. The number of carbonyl (C=O) groups excluding carboxylic acids is 1. The lowest BCUT2D eigenvalue weighted by Crippen LogP contribution is -2.39. The summed E-state index contributed by atoms with van der Waals surface area (Å²) in [5.41, 5.74) is 0.958. The van der Waals surface area contributed by atoms with E-state index >= 15 is 0 Å². The first kappa shape index (κ1) is 15.8. The van der Waals surface area contributed by atoms with E-state index in [1.54, 1.807) is 6.07 Å². The van der Waals surface area contributed by atoms with E-state index in [1.165, 1.54) is 12.0 Å². The van der Waals surface area contributed by atoms with Crippen LogP contribution in [-0.4, -0.2) is 48.7 Å². The van der Waals surface area contributed by atoms with Crippen molar-refractivity contribution in [3.8, 4) is 0 Å². The molecule has 1 aliphatic rings. The van der Waals surface area contributed by atoms with Gasteiger partial charge in [0.1, 0.15) is 6.54 Å². The molecule has 114 valence electrons. The maximum absolute atomic E-state index is 12.4. The first-order valence-electron chi connectivity index (χ1n) is 6.78. The molecule has 1 amide bonds. The Morgan fingerprint density at radius 2 is 2.14 bits per heavy atom. The number of ether oxygens (including phenoxy) is 1. The van der Waals surface area contributed by atoms with Gasteiger partial charge in [0.05, 0.1) is 6.61 Å². The fourth-order valence-corrected chi connectivity index (χ4v) is 2.73. The van der Waals surface area contributed by atoms with Crippen LogP contribution in [0, 0.1) is 5.92 Å². The third-order valence-corrected chi connectivity index (χ3v) is 3.96. The Morgan fingerprint density at radius 3 is 2.76 bits per heavy atom. The number of nitrogens with zero attached hydrogens (tertiary/aromatic N) is 1. The topological polar surface area (TPSA) is 66.8 Å². The molecular formula is C15H18ClNO4. The number of hydrogen-bond acceptors (Lipinski definition) is 3. The van der Waals surface area contributed by atoms with Gasteiger partial charge >= 0.3 is 5.97 Å². The number of carboxylic acid groups (broad SMARTS) is 1. The predicted molar refractivity (Wildman–Crippen MR) is 78.4 cm³/mol. The highest BCUT2D eigenvalue weighted by atomic mass is 35.5. The van der Waals surface area contributed by atoms with Gasteiger partial charge < -0.3 is 14.7 Å². The largest absolute Gasteiger partial charge is 0.480 e. The molecule has 0 aliphatic heterocycles. The van der Waals surface area contributed by atoms with Crippen molar-refractivity contribution in [1.29, 1.82) is 0 Å². The molecule has 0 bridgehead atoms. The summed E-state index contributed by atoms with van der Waals surface area (Å²) in [7, 11) is 1.52. The number of hydrogen-bond donors (Lipinski definition) is 1. The fraction of sp³-hybridized carbons (Fsp3) is 0.467. The van der Waals surface area contributed by atoms with Crippen LogP contribution >= 0.6 is 11.6 Å². The van der Waals surface area contributed by atoms with Gasteiger partial charge in [-0.2, -0.15) is 0 Å². The van der Waals surface area contributed by atoms with Crippen molar-refractivity contribution < 1.29 is 19.4 Å². The molecule has 1 aromatic carbocycles. The maximum atomic E-state index is 12.4. The molecule has 1 N–H and O–H groups in total. The minimum atomic E-state index is -1.02. The highest BCUT2D eigenvalue weighted by Gasteiger charge is 2.46. The third-order valence-electron chi connectivity index (χ3n) is 3.62. The van der Waals surface area contributed by atoms with Gasteiger partial charge in [0.25, 0.3) is 0 Å². The third kappa shape index (κ3) is 3.95. The van der Waals surface area contributed by atoms with Crippen molar-refractivity contribution in [2.75, 3.05) is 26.8 Å². The standard InChI is InChI=1S/C15H18ClNO4/c1-21-7-6-17(9-14(18)19)15(20)12-8-11(12)10-4-2-3-5-13(10)16/h2-5,11-12H,6-9H2,1H3,(H,18,19)/t11-,12+/m0/s1. The van der Waals surface area contributed by atoms with Crippen LogP contribution in [-0.2, 0) is 14.3 Å². The molecule has 0 aromatic heterocycles. The van der Waals surface area contributed by atoms with Gasteiger partial charge in [-0.25, -0.2) is 0 Å². The summed E-state index contributed by atoms with van der Waals surface area (Å²) in [6.45, 7) is 0.309. The number of rotatable bonds is 7. The minimum absolute atomic E-state index is 0.0880. The first-order valence-corrected chi connectivity index (χ1v) is 7.16. The molecule has 1 aliphatic carbocycles. The Labute approximate surface area is 128 Å². The summed E-state index contributed by atoms with van der Waals surface area (Å²) < 4.78 is 4.93. The van der Waals surface area contributed by atoms with Crippen molar-refractivity contribution in [3.63, 3.8) is 0 Å². The van der Waals surface area contributed by atoms with E-state index in [-0.39, 0.29) is 30.8 Å². The molecule has 6 heteroatoms. The summed E-state index contributed by atoms with van der Waals surface area (Å²) in [6, 6.07) is 7.45. The molecule has 0 unspecified atom stereocenters. The van der Waals surface area contributed by atoms with Crippen LogP contribution < -0.4 is 0 Å². The van der Waals surface area contributed by atoms with E-state index in [0.717, 1.165) is 5.56 Å². The highest BCUT2D eigenvalue weighted by Crippen LogP contribution is 2.50. The van der Waals surface area contributed by atoms with Gasteiger partial charge in [0.15, 0.2) is 0 Å². The second kappa shape index (κ2) is 6.91. The molecule has 5 nitrogen and oxygen atoms in total. The van der Waals surface area contributed by atoms with Crippen LogP contribution in [0.5, 0.6) is 0 Å². The summed E-state index contributed by atoms with van der Waals surface area (Å²) in [5, 5.41) is 9.56. The molecule has 21 heavy (non-hydrogen) atoms. The Balaban J connectivity index is 2.02. The summed E-state index contributed by atoms with van der Waals surface area (Å²) >= 11 is 6.14. The lowest BCUT2D eigenvalue weighted by molar-refractivity contribution is -0.145. The average molecular weight is 312 g/mol.